The molecule has 21 heavy (non-hydrogen) atoms. The lowest BCUT2D eigenvalue weighted by atomic mass is 9.98. The normalized spacial score (nSPS) is 13.8. The van der Waals surface area contributed by atoms with Crippen LogP contribution in [0.5, 0.6) is 0 Å². The SMILES string of the molecule is CC(Cc1ccc(F)c(Br)c1)C(=O)NC(C(=O)O)C(C)C. The summed E-state index contributed by atoms with van der Waals surface area (Å²) in [6.07, 6.45) is 0.412. The number of carboxylic acids is 1. The van der Waals surface area contributed by atoms with Gasteiger partial charge in [0.05, 0.1) is 4.47 Å². The Morgan fingerprint density at radius 1 is 1.33 bits per heavy atom. The zero-order valence-electron chi connectivity index (χ0n) is 12.2. The molecule has 2 atom stereocenters. The minimum atomic E-state index is -1.05. The van der Waals surface area contributed by atoms with Gasteiger partial charge in [-0.1, -0.05) is 26.8 Å². The second kappa shape index (κ2) is 7.54. The van der Waals surface area contributed by atoms with E-state index in [9.17, 15) is 14.0 Å². The molecule has 0 radical (unpaired) electrons. The summed E-state index contributed by atoms with van der Waals surface area (Å²) in [5.74, 6) is -2.32. The van der Waals surface area contributed by atoms with Gasteiger partial charge in [0.25, 0.3) is 0 Å². The van der Waals surface area contributed by atoms with Gasteiger partial charge in [0, 0.05) is 5.92 Å². The fourth-order valence-electron chi connectivity index (χ4n) is 1.92. The Morgan fingerprint density at radius 3 is 2.43 bits per heavy atom. The summed E-state index contributed by atoms with van der Waals surface area (Å²) in [6.45, 7) is 5.19. The smallest absolute Gasteiger partial charge is 0.326 e. The molecule has 6 heteroatoms. The van der Waals surface area contributed by atoms with Crippen LogP contribution in [0.3, 0.4) is 0 Å². The van der Waals surface area contributed by atoms with E-state index >= 15 is 0 Å². The minimum absolute atomic E-state index is 0.196. The molecule has 1 amide bonds. The Bertz CT molecular complexity index is 534. The van der Waals surface area contributed by atoms with Crippen LogP contribution in [-0.2, 0) is 16.0 Å². The van der Waals surface area contributed by atoms with Crippen molar-refractivity contribution in [3.8, 4) is 0 Å². The number of aliphatic carboxylic acids is 1. The molecule has 0 aromatic heterocycles. The van der Waals surface area contributed by atoms with Gasteiger partial charge in [-0.15, -0.1) is 0 Å². The first-order chi connectivity index (χ1) is 9.72. The van der Waals surface area contributed by atoms with Crippen LogP contribution in [0.15, 0.2) is 22.7 Å². The molecule has 1 aromatic carbocycles. The average Bonchev–Trinajstić information content (AvgIpc) is 2.39. The molecule has 0 aliphatic rings. The fraction of sp³-hybridized carbons (Fsp3) is 0.467. The Labute approximate surface area is 131 Å². The van der Waals surface area contributed by atoms with Gasteiger partial charge in [-0.3, -0.25) is 4.79 Å². The average molecular weight is 360 g/mol. The van der Waals surface area contributed by atoms with Crippen molar-refractivity contribution in [2.24, 2.45) is 11.8 Å². The van der Waals surface area contributed by atoms with Gasteiger partial charge in [-0.05, 0) is 46.0 Å². The maximum atomic E-state index is 13.2. The van der Waals surface area contributed by atoms with E-state index < -0.39 is 17.9 Å². The molecule has 0 saturated heterocycles. The van der Waals surface area contributed by atoms with Crippen LogP contribution in [-0.4, -0.2) is 23.0 Å². The molecular weight excluding hydrogens is 341 g/mol. The number of hydrogen-bond donors (Lipinski definition) is 2. The predicted molar refractivity (Wildman–Crippen MR) is 81.4 cm³/mol. The van der Waals surface area contributed by atoms with E-state index in [0.717, 1.165) is 5.56 Å². The number of amides is 1. The number of rotatable bonds is 6. The first-order valence-electron chi connectivity index (χ1n) is 6.69. The highest BCUT2D eigenvalue weighted by molar-refractivity contribution is 9.10. The summed E-state index contributed by atoms with van der Waals surface area (Å²) >= 11 is 3.10. The van der Waals surface area contributed by atoms with Gasteiger partial charge in [-0.2, -0.15) is 0 Å². The van der Waals surface area contributed by atoms with E-state index in [1.807, 2.05) is 0 Å². The summed E-state index contributed by atoms with van der Waals surface area (Å²) in [5, 5.41) is 11.6. The summed E-state index contributed by atoms with van der Waals surface area (Å²) < 4.78 is 13.5. The van der Waals surface area contributed by atoms with Crippen molar-refractivity contribution in [2.75, 3.05) is 0 Å². The van der Waals surface area contributed by atoms with Crippen molar-refractivity contribution in [1.82, 2.24) is 5.32 Å². The molecule has 0 spiro atoms. The highest BCUT2D eigenvalue weighted by atomic mass is 79.9. The van der Waals surface area contributed by atoms with Crippen LogP contribution in [0.4, 0.5) is 4.39 Å². The molecule has 0 aliphatic heterocycles. The van der Waals surface area contributed by atoms with Gasteiger partial charge in [-0.25, -0.2) is 9.18 Å². The molecule has 2 N–H and O–H groups in total. The summed E-state index contributed by atoms with van der Waals surface area (Å²) in [6, 6.07) is 3.66. The number of carboxylic acid groups (broad SMARTS) is 1. The Balaban J connectivity index is 2.69. The molecule has 2 unspecified atom stereocenters. The van der Waals surface area contributed by atoms with E-state index in [1.165, 1.54) is 6.07 Å². The van der Waals surface area contributed by atoms with Crippen molar-refractivity contribution < 1.29 is 19.1 Å². The number of carbonyl (C=O) groups excluding carboxylic acids is 1. The van der Waals surface area contributed by atoms with Crippen molar-refractivity contribution in [3.63, 3.8) is 0 Å². The van der Waals surface area contributed by atoms with E-state index in [1.54, 1.807) is 32.9 Å². The number of hydrogen-bond acceptors (Lipinski definition) is 2. The van der Waals surface area contributed by atoms with Crippen molar-refractivity contribution in [2.45, 2.75) is 33.2 Å². The third-order valence-corrected chi connectivity index (χ3v) is 3.81. The Kier molecular flexibility index (Phi) is 6.33. The lowest BCUT2D eigenvalue weighted by molar-refractivity contribution is -0.143. The molecule has 0 aliphatic carbocycles. The molecule has 0 saturated carbocycles. The first-order valence-corrected chi connectivity index (χ1v) is 7.48. The van der Waals surface area contributed by atoms with Gasteiger partial charge in [0.1, 0.15) is 11.9 Å². The largest absolute Gasteiger partial charge is 0.480 e. The zero-order valence-corrected chi connectivity index (χ0v) is 13.8. The zero-order chi connectivity index (χ0) is 16.2. The Hall–Kier alpha value is -1.43. The van der Waals surface area contributed by atoms with Crippen LogP contribution < -0.4 is 5.32 Å². The summed E-state index contributed by atoms with van der Waals surface area (Å²) in [5.41, 5.74) is 0.808. The number of carbonyl (C=O) groups is 2. The maximum absolute atomic E-state index is 13.2. The summed E-state index contributed by atoms with van der Waals surface area (Å²) in [7, 11) is 0. The second-order valence-corrected chi connectivity index (χ2v) is 6.28. The molecule has 1 rings (SSSR count). The van der Waals surface area contributed by atoms with E-state index in [2.05, 4.69) is 21.2 Å². The van der Waals surface area contributed by atoms with E-state index in [-0.39, 0.29) is 17.6 Å². The van der Waals surface area contributed by atoms with Gasteiger partial charge < -0.3 is 10.4 Å². The van der Waals surface area contributed by atoms with Crippen molar-refractivity contribution in [3.05, 3.63) is 34.1 Å². The van der Waals surface area contributed by atoms with Crippen molar-refractivity contribution >= 4 is 27.8 Å². The summed E-state index contributed by atoms with van der Waals surface area (Å²) in [4.78, 5) is 23.1. The van der Waals surface area contributed by atoms with Crippen LogP contribution in [0, 0.1) is 17.7 Å². The monoisotopic (exact) mass is 359 g/mol. The maximum Gasteiger partial charge on any atom is 0.326 e. The van der Waals surface area contributed by atoms with Crippen LogP contribution in [0.2, 0.25) is 0 Å². The van der Waals surface area contributed by atoms with Crippen LogP contribution >= 0.6 is 15.9 Å². The standard InChI is InChI=1S/C15H19BrFNO3/c1-8(2)13(15(20)21)18-14(19)9(3)6-10-4-5-12(17)11(16)7-10/h4-5,7-9,13H,6H2,1-3H3,(H,18,19)(H,20,21). The topological polar surface area (TPSA) is 66.4 Å². The third-order valence-electron chi connectivity index (χ3n) is 3.20. The molecular formula is C15H19BrFNO3. The fourth-order valence-corrected chi connectivity index (χ4v) is 2.35. The number of benzene rings is 1. The molecule has 0 bridgehead atoms. The van der Waals surface area contributed by atoms with Crippen LogP contribution in [0.25, 0.3) is 0 Å². The predicted octanol–water partition coefficient (Wildman–Crippen LogP) is 2.99. The lowest BCUT2D eigenvalue weighted by Gasteiger charge is -2.20. The Morgan fingerprint density at radius 2 is 1.95 bits per heavy atom. The first kappa shape index (κ1) is 17.6. The van der Waals surface area contributed by atoms with Crippen LogP contribution in [0.1, 0.15) is 26.3 Å². The lowest BCUT2D eigenvalue weighted by Crippen LogP contribution is -2.46. The van der Waals surface area contributed by atoms with Gasteiger partial charge >= 0.3 is 5.97 Å². The molecule has 1 aromatic rings. The quantitative estimate of drug-likeness (QED) is 0.820. The molecule has 116 valence electrons. The van der Waals surface area contributed by atoms with E-state index in [0.29, 0.717) is 10.9 Å². The second-order valence-electron chi connectivity index (χ2n) is 5.42. The minimum Gasteiger partial charge on any atom is -0.480 e. The van der Waals surface area contributed by atoms with Gasteiger partial charge in [0.15, 0.2) is 0 Å². The third kappa shape index (κ3) is 5.12. The van der Waals surface area contributed by atoms with Crippen molar-refractivity contribution in [1.29, 1.82) is 0 Å². The molecule has 0 heterocycles. The van der Waals surface area contributed by atoms with Gasteiger partial charge in [0.2, 0.25) is 5.91 Å². The number of halogens is 2. The molecule has 0 fully saturated rings. The highest BCUT2D eigenvalue weighted by Gasteiger charge is 2.25. The number of nitrogens with one attached hydrogen (secondary N) is 1. The molecule has 4 nitrogen and oxygen atoms in total. The van der Waals surface area contributed by atoms with E-state index in [4.69, 9.17) is 5.11 Å². The highest BCUT2D eigenvalue weighted by Crippen LogP contribution is 2.19.